The number of carbonyl (C=O) groups excluding carboxylic acids is 1. The van der Waals surface area contributed by atoms with Crippen LogP contribution in [0.1, 0.15) is 39.3 Å². The van der Waals surface area contributed by atoms with Crippen molar-refractivity contribution in [3.63, 3.8) is 0 Å². The Morgan fingerprint density at radius 3 is 2.35 bits per heavy atom. The Labute approximate surface area is 136 Å². The number of aryl methyl sites for hydroxylation is 1. The van der Waals surface area contributed by atoms with Gasteiger partial charge in [-0.1, -0.05) is 6.07 Å². The van der Waals surface area contributed by atoms with Crippen LogP contribution in [0.3, 0.4) is 0 Å². The summed E-state index contributed by atoms with van der Waals surface area (Å²) in [4.78, 5) is 27.1. The molecule has 0 unspecified atom stereocenters. The third kappa shape index (κ3) is 5.01. The Balaban J connectivity index is 0.000000313. The van der Waals surface area contributed by atoms with Crippen molar-refractivity contribution in [3.05, 3.63) is 30.1 Å². The number of aromatic nitrogens is 1. The largest absolute Gasteiger partial charge is 0.479 e. The maximum atomic E-state index is 11.9. The second-order valence-corrected chi connectivity index (χ2v) is 6.44. The minimum atomic E-state index is -1.72. The van der Waals surface area contributed by atoms with Gasteiger partial charge in [0, 0.05) is 18.4 Å². The van der Waals surface area contributed by atoms with E-state index in [4.69, 9.17) is 10.6 Å². The van der Waals surface area contributed by atoms with E-state index in [1.807, 2.05) is 25.1 Å². The van der Waals surface area contributed by atoms with E-state index in [0.29, 0.717) is 13.0 Å². The van der Waals surface area contributed by atoms with E-state index in [-0.39, 0.29) is 6.42 Å². The van der Waals surface area contributed by atoms with E-state index in [1.165, 1.54) is 0 Å². The fourth-order valence-electron chi connectivity index (χ4n) is 2.19. The Kier molecular flexibility index (Phi) is 6.23. The zero-order valence-corrected chi connectivity index (χ0v) is 14.1. The first-order valence-corrected chi connectivity index (χ1v) is 7.46. The number of hydrogen-bond donors (Lipinski definition) is 2. The van der Waals surface area contributed by atoms with E-state index >= 15 is 0 Å². The van der Waals surface area contributed by atoms with Crippen LogP contribution in [0.2, 0.25) is 0 Å². The highest BCUT2D eigenvalue weighted by Crippen LogP contribution is 2.29. The highest BCUT2D eigenvalue weighted by Gasteiger charge is 2.55. The first kappa shape index (κ1) is 19.1. The number of nitrogens with two attached hydrogens (primary N) is 1. The van der Waals surface area contributed by atoms with Crippen LogP contribution in [-0.2, 0) is 14.3 Å². The Morgan fingerprint density at radius 2 is 2.04 bits per heavy atom. The molecular weight excluding hydrogens is 298 g/mol. The summed E-state index contributed by atoms with van der Waals surface area (Å²) >= 11 is 0. The maximum absolute atomic E-state index is 11.9. The highest BCUT2D eigenvalue weighted by molar-refractivity contribution is 6.04. The SMILES string of the molecule is CC(C)(C)OC(=O)[C@@]1(C(=O)O)CCCN1N.Cc1ccccn1. The molecule has 1 aliphatic heterocycles. The van der Waals surface area contributed by atoms with Crippen molar-refractivity contribution >= 4 is 11.9 Å². The van der Waals surface area contributed by atoms with E-state index in [9.17, 15) is 14.7 Å². The van der Waals surface area contributed by atoms with Crippen molar-refractivity contribution in [2.45, 2.75) is 51.7 Å². The molecule has 0 aromatic carbocycles. The first-order chi connectivity index (χ1) is 10.6. The molecule has 1 aromatic heterocycles. The molecule has 0 amide bonds. The zero-order valence-electron chi connectivity index (χ0n) is 14.1. The molecule has 7 heteroatoms. The van der Waals surface area contributed by atoms with Crippen LogP contribution < -0.4 is 5.84 Å². The molecule has 0 spiro atoms. The summed E-state index contributed by atoms with van der Waals surface area (Å²) in [7, 11) is 0. The zero-order chi connectivity index (χ0) is 17.7. The normalized spacial score (nSPS) is 21.3. The van der Waals surface area contributed by atoms with Gasteiger partial charge >= 0.3 is 11.9 Å². The summed E-state index contributed by atoms with van der Waals surface area (Å²) < 4.78 is 5.12. The molecule has 1 atom stereocenters. The molecule has 1 saturated heterocycles. The van der Waals surface area contributed by atoms with Gasteiger partial charge in [0.25, 0.3) is 0 Å². The number of carboxylic acid groups (broad SMARTS) is 1. The number of nitrogens with zero attached hydrogens (tertiary/aromatic N) is 2. The van der Waals surface area contributed by atoms with E-state index < -0.39 is 23.1 Å². The van der Waals surface area contributed by atoms with Crippen LogP contribution in [0.25, 0.3) is 0 Å². The van der Waals surface area contributed by atoms with Gasteiger partial charge in [-0.25, -0.2) is 14.6 Å². The Bertz CT molecular complexity index is 542. The van der Waals surface area contributed by atoms with Gasteiger partial charge < -0.3 is 9.84 Å². The minimum Gasteiger partial charge on any atom is -0.479 e. The molecule has 0 saturated carbocycles. The van der Waals surface area contributed by atoms with Crippen LogP contribution in [0.4, 0.5) is 0 Å². The number of hydrogen-bond acceptors (Lipinski definition) is 6. The average Bonchev–Trinajstić information content (AvgIpc) is 2.81. The van der Waals surface area contributed by atoms with Crippen molar-refractivity contribution in [2.24, 2.45) is 5.84 Å². The summed E-state index contributed by atoms with van der Waals surface area (Å²) in [6.07, 6.45) is 2.55. The van der Waals surface area contributed by atoms with Crippen LogP contribution in [0.15, 0.2) is 24.4 Å². The molecule has 7 nitrogen and oxygen atoms in total. The summed E-state index contributed by atoms with van der Waals surface area (Å²) in [6.45, 7) is 7.42. The number of esters is 1. The van der Waals surface area contributed by atoms with Crippen molar-refractivity contribution in [1.82, 2.24) is 9.99 Å². The summed E-state index contributed by atoms with van der Waals surface area (Å²) in [5, 5.41) is 10.2. The van der Waals surface area contributed by atoms with Gasteiger partial charge in [0.1, 0.15) is 5.60 Å². The lowest BCUT2D eigenvalue weighted by Crippen LogP contribution is -2.60. The topological polar surface area (TPSA) is 106 Å². The standard InChI is InChI=1S/C10H18N2O4.C6H7N/c1-9(2,3)16-8(15)10(7(13)14)5-4-6-12(10)11;1-6-4-2-3-5-7-6/h4-6,11H2,1-3H3,(H,13,14);2-5H,1H3/t10-;/m0./s1. The molecule has 0 bridgehead atoms. The first-order valence-electron chi connectivity index (χ1n) is 7.46. The number of pyridine rings is 1. The fourth-order valence-corrected chi connectivity index (χ4v) is 2.19. The predicted molar refractivity (Wildman–Crippen MR) is 85.3 cm³/mol. The molecule has 1 aliphatic rings. The monoisotopic (exact) mass is 323 g/mol. The minimum absolute atomic E-state index is 0.188. The molecule has 128 valence electrons. The van der Waals surface area contributed by atoms with Crippen molar-refractivity contribution in [1.29, 1.82) is 0 Å². The summed E-state index contributed by atoms with van der Waals surface area (Å²) in [5.74, 6) is 3.55. The third-order valence-corrected chi connectivity index (χ3v) is 3.33. The van der Waals surface area contributed by atoms with Crippen molar-refractivity contribution in [3.8, 4) is 0 Å². The second-order valence-electron chi connectivity index (χ2n) is 6.44. The maximum Gasteiger partial charge on any atom is 0.340 e. The fraction of sp³-hybridized carbons (Fsp3) is 0.562. The number of rotatable bonds is 2. The Hall–Kier alpha value is -1.99. The van der Waals surface area contributed by atoms with Gasteiger partial charge in [-0.2, -0.15) is 0 Å². The smallest absolute Gasteiger partial charge is 0.340 e. The molecule has 1 fully saturated rings. The van der Waals surface area contributed by atoms with Gasteiger partial charge in [-0.3, -0.25) is 10.8 Å². The van der Waals surface area contributed by atoms with Gasteiger partial charge in [0.2, 0.25) is 5.54 Å². The lowest BCUT2D eigenvalue weighted by molar-refractivity contribution is -0.177. The van der Waals surface area contributed by atoms with Crippen molar-refractivity contribution in [2.75, 3.05) is 6.54 Å². The second kappa shape index (κ2) is 7.52. The Morgan fingerprint density at radius 1 is 1.39 bits per heavy atom. The van der Waals surface area contributed by atoms with Crippen LogP contribution in [0.5, 0.6) is 0 Å². The number of hydrazine groups is 1. The summed E-state index contributed by atoms with van der Waals surface area (Å²) in [6, 6.07) is 5.86. The quantitative estimate of drug-likeness (QED) is 0.483. The molecule has 0 aliphatic carbocycles. The number of carboxylic acids is 1. The predicted octanol–water partition coefficient (Wildman–Crippen LogP) is 1.51. The van der Waals surface area contributed by atoms with E-state index in [1.54, 1.807) is 27.0 Å². The van der Waals surface area contributed by atoms with Crippen molar-refractivity contribution < 1.29 is 19.4 Å². The lowest BCUT2D eigenvalue weighted by Gasteiger charge is -2.32. The molecule has 1 aromatic rings. The molecule has 3 N–H and O–H groups in total. The summed E-state index contributed by atoms with van der Waals surface area (Å²) in [5.41, 5.74) is -1.36. The van der Waals surface area contributed by atoms with E-state index in [2.05, 4.69) is 4.98 Å². The van der Waals surface area contributed by atoms with Gasteiger partial charge in [0.05, 0.1) is 0 Å². The van der Waals surface area contributed by atoms with Crippen LogP contribution in [0, 0.1) is 6.92 Å². The number of ether oxygens (including phenoxy) is 1. The van der Waals surface area contributed by atoms with E-state index in [0.717, 1.165) is 10.7 Å². The number of aliphatic carboxylic acids is 1. The number of carbonyl (C=O) groups is 2. The molecule has 2 heterocycles. The third-order valence-electron chi connectivity index (χ3n) is 3.33. The highest BCUT2D eigenvalue weighted by atomic mass is 16.6. The van der Waals surface area contributed by atoms with Crippen LogP contribution >= 0.6 is 0 Å². The molecule has 0 radical (unpaired) electrons. The van der Waals surface area contributed by atoms with Crippen LogP contribution in [-0.4, -0.2) is 44.7 Å². The molecule has 2 rings (SSSR count). The van der Waals surface area contributed by atoms with Gasteiger partial charge in [-0.05, 0) is 52.7 Å². The van der Waals surface area contributed by atoms with Gasteiger partial charge in [0.15, 0.2) is 0 Å². The van der Waals surface area contributed by atoms with Gasteiger partial charge in [-0.15, -0.1) is 0 Å². The molecule has 23 heavy (non-hydrogen) atoms. The lowest BCUT2D eigenvalue weighted by atomic mass is 9.97. The molecular formula is C16H25N3O4. The average molecular weight is 323 g/mol.